The van der Waals surface area contributed by atoms with Crippen LogP contribution in [-0.2, 0) is 4.79 Å². The van der Waals surface area contributed by atoms with Crippen molar-refractivity contribution in [2.75, 3.05) is 7.11 Å². The minimum Gasteiger partial charge on any atom is -0.497 e. The summed E-state index contributed by atoms with van der Waals surface area (Å²) in [6.45, 7) is 0. The molecule has 4 nitrogen and oxygen atoms in total. The number of rotatable bonds is 5. The third-order valence-electron chi connectivity index (χ3n) is 2.55. The second-order valence-electron chi connectivity index (χ2n) is 4.03. The molecule has 20 heavy (non-hydrogen) atoms. The topological polar surface area (TPSA) is 55.8 Å². The molecule has 0 amide bonds. The van der Waals surface area contributed by atoms with E-state index in [-0.39, 0.29) is 0 Å². The molecule has 0 radical (unpaired) electrons. The van der Waals surface area contributed by atoms with Gasteiger partial charge in [0.1, 0.15) is 17.2 Å². The first-order valence-electron chi connectivity index (χ1n) is 6.00. The third kappa shape index (κ3) is 3.88. The molecule has 0 saturated heterocycles. The highest BCUT2D eigenvalue weighted by atomic mass is 16.5. The maximum atomic E-state index is 10.5. The summed E-state index contributed by atoms with van der Waals surface area (Å²) < 4.78 is 10.8. The highest BCUT2D eigenvalue weighted by Crippen LogP contribution is 2.25. The van der Waals surface area contributed by atoms with Gasteiger partial charge in [-0.1, -0.05) is 18.2 Å². The molecule has 2 rings (SSSR count). The molecular formula is C16H14O4. The number of hydrogen-bond donors (Lipinski definition) is 1. The molecule has 0 aliphatic rings. The lowest BCUT2D eigenvalue weighted by atomic mass is 10.2. The molecule has 0 aliphatic carbocycles. The summed E-state index contributed by atoms with van der Waals surface area (Å²) in [6, 6.07) is 14.4. The lowest BCUT2D eigenvalue weighted by Crippen LogP contribution is -1.88. The van der Waals surface area contributed by atoms with Crippen LogP contribution in [-0.4, -0.2) is 18.2 Å². The number of carbonyl (C=O) groups is 1. The summed E-state index contributed by atoms with van der Waals surface area (Å²) in [5, 5.41) is 8.61. The smallest absolute Gasteiger partial charge is 0.328 e. The quantitative estimate of drug-likeness (QED) is 0.844. The first-order valence-corrected chi connectivity index (χ1v) is 6.00. The van der Waals surface area contributed by atoms with Crippen LogP contribution in [0.3, 0.4) is 0 Å². The van der Waals surface area contributed by atoms with Gasteiger partial charge in [-0.15, -0.1) is 0 Å². The van der Waals surface area contributed by atoms with Crippen LogP contribution in [0.15, 0.2) is 54.6 Å². The number of aliphatic carboxylic acids is 1. The first-order chi connectivity index (χ1) is 9.67. The Morgan fingerprint density at radius 3 is 2.40 bits per heavy atom. The van der Waals surface area contributed by atoms with E-state index in [2.05, 4.69) is 0 Å². The van der Waals surface area contributed by atoms with E-state index in [1.807, 2.05) is 18.2 Å². The highest BCUT2D eigenvalue weighted by molar-refractivity contribution is 5.85. The van der Waals surface area contributed by atoms with Crippen molar-refractivity contribution < 1.29 is 19.4 Å². The van der Waals surface area contributed by atoms with Gasteiger partial charge in [-0.25, -0.2) is 4.79 Å². The SMILES string of the molecule is COc1cccc(Oc2cccc(C=CC(=O)O)c2)c1. The molecule has 2 aromatic carbocycles. The van der Waals surface area contributed by atoms with E-state index < -0.39 is 5.97 Å². The molecule has 102 valence electrons. The minimum absolute atomic E-state index is 0.630. The first kappa shape index (κ1) is 13.7. The zero-order valence-electron chi connectivity index (χ0n) is 10.9. The van der Waals surface area contributed by atoms with Gasteiger partial charge in [0.25, 0.3) is 0 Å². The zero-order valence-corrected chi connectivity index (χ0v) is 10.9. The Bertz CT molecular complexity index is 632. The predicted octanol–water partition coefficient (Wildman–Crippen LogP) is 3.59. The fraction of sp³-hybridized carbons (Fsp3) is 0.0625. The lowest BCUT2D eigenvalue weighted by molar-refractivity contribution is -0.131. The molecule has 0 aliphatic heterocycles. The van der Waals surface area contributed by atoms with Crippen LogP contribution in [0.25, 0.3) is 6.08 Å². The van der Waals surface area contributed by atoms with Crippen molar-refractivity contribution in [3.8, 4) is 17.2 Å². The van der Waals surface area contributed by atoms with Crippen molar-refractivity contribution in [3.63, 3.8) is 0 Å². The highest BCUT2D eigenvalue weighted by Gasteiger charge is 2.00. The molecular weight excluding hydrogens is 256 g/mol. The largest absolute Gasteiger partial charge is 0.497 e. The third-order valence-corrected chi connectivity index (χ3v) is 2.55. The Balaban J connectivity index is 2.16. The molecule has 2 aromatic rings. The number of hydrogen-bond acceptors (Lipinski definition) is 3. The fourth-order valence-corrected chi connectivity index (χ4v) is 1.65. The van der Waals surface area contributed by atoms with Crippen LogP contribution in [0.5, 0.6) is 17.2 Å². The van der Waals surface area contributed by atoms with Gasteiger partial charge >= 0.3 is 5.97 Å². The molecule has 0 aromatic heterocycles. The molecule has 0 heterocycles. The molecule has 0 atom stereocenters. The molecule has 0 bridgehead atoms. The number of ether oxygens (including phenoxy) is 2. The van der Waals surface area contributed by atoms with E-state index in [9.17, 15) is 4.79 Å². The molecule has 0 fully saturated rings. The summed E-state index contributed by atoms with van der Waals surface area (Å²) >= 11 is 0. The fourth-order valence-electron chi connectivity index (χ4n) is 1.65. The van der Waals surface area contributed by atoms with Crippen molar-refractivity contribution in [1.29, 1.82) is 0 Å². The van der Waals surface area contributed by atoms with Crippen LogP contribution in [0, 0.1) is 0 Å². The second kappa shape index (κ2) is 6.43. The second-order valence-corrected chi connectivity index (χ2v) is 4.03. The number of benzene rings is 2. The Kier molecular flexibility index (Phi) is 4.39. The molecule has 4 heteroatoms. The van der Waals surface area contributed by atoms with Crippen molar-refractivity contribution in [3.05, 3.63) is 60.2 Å². The molecule has 0 saturated carbocycles. The maximum Gasteiger partial charge on any atom is 0.328 e. The van der Waals surface area contributed by atoms with Gasteiger partial charge in [0.15, 0.2) is 0 Å². The molecule has 0 unspecified atom stereocenters. The lowest BCUT2D eigenvalue weighted by Gasteiger charge is -2.07. The summed E-state index contributed by atoms with van der Waals surface area (Å²) in [4.78, 5) is 10.5. The Labute approximate surface area is 116 Å². The van der Waals surface area contributed by atoms with Crippen LogP contribution in [0.1, 0.15) is 5.56 Å². The van der Waals surface area contributed by atoms with Crippen molar-refractivity contribution in [2.24, 2.45) is 0 Å². The Hall–Kier alpha value is -2.75. The maximum absolute atomic E-state index is 10.5. The summed E-state index contributed by atoms with van der Waals surface area (Å²) in [7, 11) is 1.59. The summed E-state index contributed by atoms with van der Waals surface area (Å²) in [5.74, 6) is 1.02. The van der Waals surface area contributed by atoms with Gasteiger partial charge in [0, 0.05) is 12.1 Å². The average Bonchev–Trinajstić information content (AvgIpc) is 2.46. The van der Waals surface area contributed by atoms with E-state index in [1.54, 1.807) is 37.4 Å². The number of carboxylic acid groups (broad SMARTS) is 1. The van der Waals surface area contributed by atoms with Crippen LogP contribution < -0.4 is 9.47 Å². The van der Waals surface area contributed by atoms with E-state index >= 15 is 0 Å². The molecule has 1 N–H and O–H groups in total. The Morgan fingerprint density at radius 1 is 1.05 bits per heavy atom. The number of methoxy groups -OCH3 is 1. The van der Waals surface area contributed by atoms with Crippen LogP contribution in [0.2, 0.25) is 0 Å². The van der Waals surface area contributed by atoms with E-state index in [0.29, 0.717) is 17.2 Å². The van der Waals surface area contributed by atoms with Gasteiger partial charge in [-0.2, -0.15) is 0 Å². The van der Waals surface area contributed by atoms with Gasteiger partial charge in [-0.3, -0.25) is 0 Å². The minimum atomic E-state index is -0.982. The van der Waals surface area contributed by atoms with E-state index in [1.165, 1.54) is 6.08 Å². The van der Waals surface area contributed by atoms with Crippen molar-refractivity contribution in [2.45, 2.75) is 0 Å². The number of carboxylic acids is 1. The predicted molar refractivity (Wildman–Crippen MR) is 76.2 cm³/mol. The van der Waals surface area contributed by atoms with Gasteiger partial charge in [0.05, 0.1) is 7.11 Å². The monoisotopic (exact) mass is 270 g/mol. The summed E-state index contributed by atoms with van der Waals surface area (Å²) in [6.07, 6.45) is 2.60. The standard InChI is InChI=1S/C16H14O4/c1-19-13-5-3-7-15(11-13)20-14-6-2-4-12(10-14)8-9-16(17)18/h2-11H,1H3,(H,17,18). The van der Waals surface area contributed by atoms with Gasteiger partial charge in [-0.05, 0) is 35.9 Å². The molecule has 0 spiro atoms. The van der Waals surface area contributed by atoms with E-state index in [4.69, 9.17) is 14.6 Å². The van der Waals surface area contributed by atoms with Crippen LogP contribution in [0.4, 0.5) is 0 Å². The Morgan fingerprint density at radius 2 is 1.70 bits per heavy atom. The summed E-state index contributed by atoms with van der Waals surface area (Å²) in [5.41, 5.74) is 0.757. The van der Waals surface area contributed by atoms with Crippen molar-refractivity contribution >= 4 is 12.0 Å². The zero-order chi connectivity index (χ0) is 14.4. The van der Waals surface area contributed by atoms with Crippen molar-refractivity contribution in [1.82, 2.24) is 0 Å². The van der Waals surface area contributed by atoms with Gasteiger partial charge < -0.3 is 14.6 Å². The average molecular weight is 270 g/mol. The van der Waals surface area contributed by atoms with Gasteiger partial charge in [0.2, 0.25) is 0 Å². The normalized spacial score (nSPS) is 10.4. The van der Waals surface area contributed by atoms with Crippen LogP contribution >= 0.6 is 0 Å². The van der Waals surface area contributed by atoms with E-state index in [0.717, 1.165) is 11.6 Å².